The van der Waals surface area contributed by atoms with Gasteiger partial charge in [0.15, 0.2) is 11.5 Å². The van der Waals surface area contributed by atoms with Crippen molar-refractivity contribution in [2.45, 2.75) is 11.8 Å². The molecule has 0 aliphatic carbocycles. The quantitative estimate of drug-likeness (QED) is 0.682. The number of ether oxygens (including phenoxy) is 2. The van der Waals surface area contributed by atoms with Crippen molar-refractivity contribution in [1.82, 2.24) is 4.98 Å². The summed E-state index contributed by atoms with van der Waals surface area (Å²) in [4.78, 5) is 4.52. The molecule has 2 aromatic carbocycles. The maximum Gasteiger partial charge on any atom is 0.262 e. The molecule has 0 saturated heterocycles. The number of pyridine rings is 1. The Morgan fingerprint density at radius 2 is 1.68 bits per heavy atom. The minimum absolute atomic E-state index is 0.244. The molecular weight excluding hydrogens is 378 g/mol. The van der Waals surface area contributed by atoms with Crippen LogP contribution in [-0.4, -0.2) is 26.6 Å². The third-order valence-electron chi connectivity index (χ3n) is 4.21. The molecule has 0 radical (unpaired) electrons. The number of aryl methyl sites for hydroxylation is 1. The molecule has 144 valence electrons. The predicted molar refractivity (Wildman–Crippen MR) is 107 cm³/mol. The maximum absolute atomic E-state index is 12.6. The fraction of sp³-hybridized carbons (Fsp3) is 0.150. The van der Waals surface area contributed by atoms with Crippen molar-refractivity contribution in [1.29, 1.82) is 0 Å². The smallest absolute Gasteiger partial charge is 0.262 e. The normalized spacial score (nSPS) is 13.0. The zero-order valence-electron chi connectivity index (χ0n) is 15.2. The van der Waals surface area contributed by atoms with Gasteiger partial charge in [0.2, 0.25) is 0 Å². The van der Waals surface area contributed by atoms with Crippen molar-refractivity contribution in [3.05, 3.63) is 66.4 Å². The van der Waals surface area contributed by atoms with Crippen molar-refractivity contribution in [2.75, 3.05) is 23.3 Å². The van der Waals surface area contributed by atoms with E-state index in [0.717, 1.165) is 5.69 Å². The minimum Gasteiger partial charge on any atom is -0.486 e. The molecule has 0 saturated carbocycles. The number of nitrogens with zero attached hydrogens (tertiary/aromatic N) is 1. The third kappa shape index (κ3) is 3.86. The van der Waals surface area contributed by atoms with Gasteiger partial charge < -0.3 is 14.8 Å². The number of rotatable bonds is 5. The van der Waals surface area contributed by atoms with Gasteiger partial charge in [-0.1, -0.05) is 18.2 Å². The van der Waals surface area contributed by atoms with Crippen molar-refractivity contribution in [3.63, 3.8) is 0 Å². The first-order valence-electron chi connectivity index (χ1n) is 8.72. The van der Waals surface area contributed by atoms with E-state index < -0.39 is 10.0 Å². The van der Waals surface area contributed by atoms with E-state index in [1.54, 1.807) is 43.3 Å². The zero-order chi connectivity index (χ0) is 19.6. The van der Waals surface area contributed by atoms with Gasteiger partial charge >= 0.3 is 0 Å². The summed E-state index contributed by atoms with van der Waals surface area (Å²) in [5.41, 5.74) is 1.86. The molecule has 1 aliphatic heterocycles. The molecular formula is C20H19N3O4S. The van der Waals surface area contributed by atoms with Gasteiger partial charge in [-0.25, -0.2) is 13.4 Å². The van der Waals surface area contributed by atoms with E-state index in [2.05, 4.69) is 15.0 Å². The van der Waals surface area contributed by atoms with E-state index in [1.807, 2.05) is 18.2 Å². The molecule has 0 unspecified atom stereocenters. The van der Waals surface area contributed by atoms with E-state index >= 15 is 0 Å². The lowest BCUT2D eigenvalue weighted by Gasteiger charge is -2.19. The molecule has 4 rings (SSSR count). The average molecular weight is 397 g/mol. The molecule has 2 heterocycles. The molecule has 28 heavy (non-hydrogen) atoms. The van der Waals surface area contributed by atoms with Gasteiger partial charge in [-0.15, -0.1) is 0 Å². The van der Waals surface area contributed by atoms with Crippen LogP contribution < -0.4 is 19.5 Å². The number of hydrogen-bond acceptors (Lipinski definition) is 6. The Balaban J connectivity index is 1.48. The first-order valence-corrected chi connectivity index (χ1v) is 10.2. The van der Waals surface area contributed by atoms with Crippen molar-refractivity contribution < 1.29 is 17.9 Å². The lowest BCUT2D eigenvalue weighted by molar-refractivity contribution is 0.171. The lowest BCUT2D eigenvalue weighted by atomic mass is 10.2. The molecule has 2 N–H and O–H groups in total. The van der Waals surface area contributed by atoms with Crippen LogP contribution in [0.15, 0.2) is 65.7 Å². The van der Waals surface area contributed by atoms with E-state index in [0.29, 0.717) is 41.8 Å². The van der Waals surface area contributed by atoms with Crippen LogP contribution in [0.3, 0.4) is 0 Å². The molecule has 0 amide bonds. The Morgan fingerprint density at radius 3 is 2.43 bits per heavy atom. The second-order valence-corrected chi connectivity index (χ2v) is 7.94. The Bertz CT molecular complexity index is 1100. The molecule has 0 bridgehead atoms. The monoisotopic (exact) mass is 397 g/mol. The van der Waals surface area contributed by atoms with Crippen LogP contribution in [0.4, 0.5) is 17.2 Å². The van der Waals surface area contributed by atoms with Gasteiger partial charge in [0.05, 0.1) is 16.8 Å². The highest BCUT2D eigenvalue weighted by molar-refractivity contribution is 7.92. The Kier molecular flexibility index (Phi) is 4.79. The summed E-state index contributed by atoms with van der Waals surface area (Å²) < 4.78 is 38.7. The second-order valence-electron chi connectivity index (χ2n) is 6.29. The van der Waals surface area contributed by atoms with Crippen LogP contribution in [0.5, 0.6) is 11.5 Å². The minimum atomic E-state index is -3.67. The summed E-state index contributed by atoms with van der Waals surface area (Å²) in [7, 11) is -3.67. The van der Waals surface area contributed by atoms with E-state index in [1.165, 1.54) is 6.20 Å². The van der Waals surface area contributed by atoms with Crippen molar-refractivity contribution in [2.24, 2.45) is 0 Å². The Morgan fingerprint density at radius 1 is 0.929 bits per heavy atom. The first kappa shape index (κ1) is 18.1. The lowest BCUT2D eigenvalue weighted by Crippen LogP contribution is -2.15. The number of benzene rings is 2. The largest absolute Gasteiger partial charge is 0.486 e. The van der Waals surface area contributed by atoms with Gasteiger partial charge in [0, 0.05) is 11.8 Å². The van der Waals surface area contributed by atoms with E-state index in [4.69, 9.17) is 9.47 Å². The molecule has 8 heteroatoms. The summed E-state index contributed by atoms with van der Waals surface area (Å²) >= 11 is 0. The number of nitrogens with one attached hydrogen (secondary N) is 2. The summed E-state index contributed by atoms with van der Waals surface area (Å²) in [5.74, 6) is 1.97. The van der Waals surface area contributed by atoms with Crippen LogP contribution in [0.2, 0.25) is 0 Å². The van der Waals surface area contributed by atoms with E-state index in [9.17, 15) is 8.42 Å². The fourth-order valence-corrected chi connectivity index (χ4v) is 4.16. The van der Waals surface area contributed by atoms with Gasteiger partial charge in [-0.05, 0) is 42.8 Å². The number of anilines is 3. The van der Waals surface area contributed by atoms with Crippen molar-refractivity contribution in [3.8, 4) is 11.5 Å². The number of aromatic nitrogens is 1. The van der Waals surface area contributed by atoms with Crippen LogP contribution in [0, 0.1) is 6.92 Å². The second kappa shape index (κ2) is 7.40. The first-order chi connectivity index (χ1) is 13.5. The summed E-state index contributed by atoms with van der Waals surface area (Å²) in [5, 5.41) is 3.16. The molecule has 1 aliphatic rings. The highest BCUT2D eigenvalue weighted by Crippen LogP contribution is 2.33. The molecule has 0 spiro atoms. The van der Waals surface area contributed by atoms with Crippen LogP contribution >= 0.6 is 0 Å². The topological polar surface area (TPSA) is 89.6 Å². The molecule has 0 fully saturated rings. The van der Waals surface area contributed by atoms with Crippen LogP contribution in [0.1, 0.15) is 5.56 Å². The molecule has 3 aromatic rings. The van der Waals surface area contributed by atoms with E-state index in [-0.39, 0.29) is 4.90 Å². The fourth-order valence-electron chi connectivity index (χ4n) is 2.87. The standard InChI is InChI=1S/C20H19N3O4S/c1-14-4-2-3-5-19(14)28(24,25)23-16-7-9-20(21-13-16)22-15-6-8-17-18(12-15)27-11-10-26-17/h2-9,12-13,23H,10-11H2,1H3,(H,21,22). The highest BCUT2D eigenvalue weighted by Gasteiger charge is 2.16. The molecule has 7 nitrogen and oxygen atoms in total. The summed E-state index contributed by atoms with van der Waals surface area (Å²) in [6.07, 6.45) is 1.47. The van der Waals surface area contributed by atoms with Crippen LogP contribution in [-0.2, 0) is 10.0 Å². The average Bonchev–Trinajstić information content (AvgIpc) is 2.69. The SMILES string of the molecule is Cc1ccccc1S(=O)(=O)Nc1ccc(Nc2ccc3c(c2)OCCO3)nc1. The Hall–Kier alpha value is -3.26. The van der Waals surface area contributed by atoms with Gasteiger partial charge in [-0.3, -0.25) is 4.72 Å². The summed E-state index contributed by atoms with van der Waals surface area (Å²) in [6, 6.07) is 15.7. The molecule has 0 atom stereocenters. The zero-order valence-corrected chi connectivity index (χ0v) is 16.0. The maximum atomic E-state index is 12.6. The van der Waals surface area contributed by atoms with Crippen LogP contribution in [0.25, 0.3) is 0 Å². The number of fused-ring (bicyclic) bond motifs is 1. The Labute approximate surface area is 163 Å². The number of sulfonamides is 1. The van der Waals surface area contributed by atoms with Gasteiger partial charge in [-0.2, -0.15) is 0 Å². The van der Waals surface area contributed by atoms with Crippen molar-refractivity contribution >= 4 is 27.2 Å². The van der Waals surface area contributed by atoms with Gasteiger partial charge in [0.25, 0.3) is 10.0 Å². The number of hydrogen-bond donors (Lipinski definition) is 2. The highest BCUT2D eigenvalue weighted by atomic mass is 32.2. The summed E-state index contributed by atoms with van der Waals surface area (Å²) in [6.45, 7) is 2.82. The third-order valence-corrected chi connectivity index (χ3v) is 5.75. The predicted octanol–water partition coefficient (Wildman–Crippen LogP) is 3.71. The molecule has 1 aromatic heterocycles. The van der Waals surface area contributed by atoms with Gasteiger partial charge in [0.1, 0.15) is 19.0 Å².